The molecule has 144 valence electrons. The minimum Gasteiger partial charge on any atom is -0.496 e. The Bertz CT molecular complexity index is 820. The van der Waals surface area contributed by atoms with E-state index in [1.54, 1.807) is 33.1 Å². The summed E-state index contributed by atoms with van der Waals surface area (Å²) < 4.78 is 24.5. The number of benzene rings is 2. The van der Waals surface area contributed by atoms with Gasteiger partial charge >= 0.3 is 5.97 Å². The number of esters is 1. The minimum absolute atomic E-state index is 0.0163. The molecule has 0 bridgehead atoms. The van der Waals surface area contributed by atoms with Crippen molar-refractivity contribution in [2.45, 2.75) is 33.4 Å². The summed E-state index contributed by atoms with van der Waals surface area (Å²) >= 11 is 0. The standard InChI is InChI=1S/C21H24FNO4/c1-13(2)19(23-20(24)16-7-5-6-8-17(16)22)21(25)27-12-15-11-14(3)9-10-18(15)26-4/h5-11,13,19H,12H2,1-4H3,(H,23,24). The van der Waals surface area contributed by atoms with Crippen molar-refractivity contribution in [2.24, 2.45) is 5.92 Å². The molecular formula is C21H24FNO4. The van der Waals surface area contributed by atoms with Crippen LogP contribution in [0.25, 0.3) is 0 Å². The zero-order chi connectivity index (χ0) is 20.0. The molecule has 0 saturated carbocycles. The zero-order valence-electron chi connectivity index (χ0n) is 15.9. The third-order valence-electron chi connectivity index (χ3n) is 4.13. The van der Waals surface area contributed by atoms with Crippen LogP contribution in [-0.2, 0) is 16.1 Å². The molecule has 0 spiro atoms. The lowest BCUT2D eigenvalue weighted by Crippen LogP contribution is -2.45. The van der Waals surface area contributed by atoms with Gasteiger partial charge in [-0.3, -0.25) is 4.79 Å². The Morgan fingerprint density at radius 2 is 1.85 bits per heavy atom. The highest BCUT2D eigenvalue weighted by Gasteiger charge is 2.27. The molecule has 1 amide bonds. The fraction of sp³-hybridized carbons (Fsp3) is 0.333. The SMILES string of the molecule is COc1ccc(C)cc1COC(=O)C(NC(=O)c1ccccc1F)C(C)C. The number of carbonyl (C=O) groups excluding carboxylic acids is 2. The number of amides is 1. The second kappa shape index (κ2) is 9.16. The van der Waals surface area contributed by atoms with E-state index in [-0.39, 0.29) is 18.1 Å². The van der Waals surface area contributed by atoms with Gasteiger partial charge < -0.3 is 14.8 Å². The van der Waals surface area contributed by atoms with Crippen molar-refractivity contribution in [2.75, 3.05) is 7.11 Å². The molecule has 2 rings (SSSR count). The van der Waals surface area contributed by atoms with Crippen LogP contribution in [0.2, 0.25) is 0 Å². The third-order valence-corrected chi connectivity index (χ3v) is 4.13. The van der Waals surface area contributed by atoms with E-state index in [0.29, 0.717) is 5.75 Å². The van der Waals surface area contributed by atoms with Gasteiger partial charge in [-0.15, -0.1) is 0 Å². The molecule has 2 aromatic carbocycles. The van der Waals surface area contributed by atoms with E-state index in [0.717, 1.165) is 11.1 Å². The molecule has 0 aromatic heterocycles. The first-order valence-electron chi connectivity index (χ1n) is 8.69. The Balaban J connectivity index is 2.08. The lowest BCUT2D eigenvalue weighted by molar-refractivity contribution is -0.148. The second-order valence-electron chi connectivity index (χ2n) is 6.60. The van der Waals surface area contributed by atoms with Crippen LogP contribution in [0.15, 0.2) is 42.5 Å². The number of methoxy groups -OCH3 is 1. The van der Waals surface area contributed by atoms with E-state index >= 15 is 0 Å². The van der Waals surface area contributed by atoms with Crippen LogP contribution in [0.4, 0.5) is 4.39 Å². The van der Waals surface area contributed by atoms with Gasteiger partial charge in [-0.05, 0) is 37.1 Å². The number of aryl methyl sites for hydroxylation is 1. The first-order valence-corrected chi connectivity index (χ1v) is 8.69. The Kier molecular flexibility index (Phi) is 6.93. The monoisotopic (exact) mass is 373 g/mol. The fourth-order valence-corrected chi connectivity index (χ4v) is 2.62. The Morgan fingerprint density at radius 3 is 2.48 bits per heavy atom. The molecule has 0 saturated heterocycles. The molecule has 1 atom stereocenters. The van der Waals surface area contributed by atoms with Gasteiger partial charge in [0.05, 0.1) is 12.7 Å². The molecule has 1 unspecified atom stereocenters. The maximum absolute atomic E-state index is 13.8. The molecule has 6 heteroatoms. The van der Waals surface area contributed by atoms with E-state index < -0.39 is 23.7 Å². The summed E-state index contributed by atoms with van der Waals surface area (Å²) in [4.78, 5) is 24.8. The van der Waals surface area contributed by atoms with Gasteiger partial charge in [0.25, 0.3) is 5.91 Å². The van der Waals surface area contributed by atoms with Crippen molar-refractivity contribution in [1.29, 1.82) is 0 Å². The summed E-state index contributed by atoms with van der Waals surface area (Å²) in [6.07, 6.45) is 0. The summed E-state index contributed by atoms with van der Waals surface area (Å²) in [6, 6.07) is 10.3. The maximum Gasteiger partial charge on any atom is 0.329 e. The molecule has 0 heterocycles. The molecule has 0 radical (unpaired) electrons. The minimum atomic E-state index is -0.895. The number of ether oxygens (including phenoxy) is 2. The van der Waals surface area contributed by atoms with Gasteiger partial charge in [-0.1, -0.05) is 37.6 Å². The van der Waals surface area contributed by atoms with E-state index in [1.165, 1.54) is 18.2 Å². The van der Waals surface area contributed by atoms with Crippen molar-refractivity contribution in [3.05, 3.63) is 65.0 Å². The lowest BCUT2D eigenvalue weighted by Gasteiger charge is -2.21. The largest absolute Gasteiger partial charge is 0.496 e. The molecule has 0 aliphatic heterocycles. The summed E-state index contributed by atoms with van der Waals surface area (Å²) in [5, 5.41) is 2.56. The number of hydrogen-bond acceptors (Lipinski definition) is 4. The van der Waals surface area contributed by atoms with Crippen LogP contribution in [0.3, 0.4) is 0 Å². The van der Waals surface area contributed by atoms with Crippen molar-refractivity contribution >= 4 is 11.9 Å². The van der Waals surface area contributed by atoms with Crippen LogP contribution in [0, 0.1) is 18.7 Å². The number of hydrogen-bond donors (Lipinski definition) is 1. The summed E-state index contributed by atoms with van der Waals surface area (Å²) in [5.74, 6) is -1.50. The van der Waals surface area contributed by atoms with Crippen molar-refractivity contribution < 1.29 is 23.5 Å². The van der Waals surface area contributed by atoms with Crippen LogP contribution in [-0.4, -0.2) is 25.0 Å². The number of halogens is 1. The highest BCUT2D eigenvalue weighted by Crippen LogP contribution is 2.21. The Morgan fingerprint density at radius 1 is 1.15 bits per heavy atom. The van der Waals surface area contributed by atoms with Crippen LogP contribution in [0.5, 0.6) is 5.75 Å². The quantitative estimate of drug-likeness (QED) is 0.753. The lowest BCUT2D eigenvalue weighted by atomic mass is 10.0. The molecule has 0 fully saturated rings. The number of nitrogens with one attached hydrogen (secondary N) is 1. The molecular weight excluding hydrogens is 349 g/mol. The van der Waals surface area contributed by atoms with Gasteiger partial charge in [-0.25, -0.2) is 9.18 Å². The highest BCUT2D eigenvalue weighted by atomic mass is 19.1. The van der Waals surface area contributed by atoms with E-state index in [1.807, 2.05) is 19.1 Å². The first-order chi connectivity index (χ1) is 12.8. The fourth-order valence-electron chi connectivity index (χ4n) is 2.62. The van der Waals surface area contributed by atoms with Gasteiger partial charge in [0.2, 0.25) is 0 Å². The normalized spacial score (nSPS) is 11.8. The predicted molar refractivity (Wildman–Crippen MR) is 100 cm³/mol. The van der Waals surface area contributed by atoms with E-state index in [9.17, 15) is 14.0 Å². The van der Waals surface area contributed by atoms with Crippen molar-refractivity contribution in [3.8, 4) is 5.75 Å². The zero-order valence-corrected chi connectivity index (χ0v) is 15.9. The van der Waals surface area contributed by atoms with Crippen LogP contribution < -0.4 is 10.1 Å². The summed E-state index contributed by atoms with van der Waals surface area (Å²) in [5.41, 5.74) is 1.63. The average molecular weight is 373 g/mol. The molecule has 0 aliphatic carbocycles. The Labute approximate surface area is 158 Å². The average Bonchev–Trinajstić information content (AvgIpc) is 2.64. The van der Waals surface area contributed by atoms with Crippen LogP contribution in [0.1, 0.15) is 35.3 Å². The smallest absolute Gasteiger partial charge is 0.329 e. The van der Waals surface area contributed by atoms with Gasteiger partial charge in [0.1, 0.15) is 24.2 Å². The van der Waals surface area contributed by atoms with Crippen molar-refractivity contribution in [1.82, 2.24) is 5.32 Å². The van der Waals surface area contributed by atoms with E-state index in [2.05, 4.69) is 5.32 Å². The summed E-state index contributed by atoms with van der Waals surface area (Å²) in [6.45, 7) is 5.50. The summed E-state index contributed by atoms with van der Waals surface area (Å²) in [7, 11) is 1.54. The molecule has 0 aliphatic rings. The molecule has 27 heavy (non-hydrogen) atoms. The first kappa shape index (κ1) is 20.4. The molecule has 1 N–H and O–H groups in total. The third kappa shape index (κ3) is 5.29. The maximum atomic E-state index is 13.8. The Hall–Kier alpha value is -2.89. The highest BCUT2D eigenvalue weighted by molar-refractivity contribution is 5.97. The second-order valence-corrected chi connectivity index (χ2v) is 6.60. The van der Waals surface area contributed by atoms with Crippen LogP contribution >= 0.6 is 0 Å². The predicted octanol–water partition coefficient (Wildman–Crippen LogP) is 3.64. The van der Waals surface area contributed by atoms with Crippen molar-refractivity contribution in [3.63, 3.8) is 0 Å². The van der Waals surface area contributed by atoms with Gasteiger partial charge in [0.15, 0.2) is 0 Å². The topological polar surface area (TPSA) is 64.6 Å². The van der Waals surface area contributed by atoms with Gasteiger partial charge in [-0.2, -0.15) is 0 Å². The van der Waals surface area contributed by atoms with E-state index in [4.69, 9.17) is 9.47 Å². The number of rotatable bonds is 7. The molecule has 2 aromatic rings. The van der Waals surface area contributed by atoms with Gasteiger partial charge in [0, 0.05) is 5.56 Å². The number of carbonyl (C=O) groups is 2. The molecule has 5 nitrogen and oxygen atoms in total.